The summed E-state index contributed by atoms with van der Waals surface area (Å²) in [6.07, 6.45) is 1.63. The van der Waals surface area contributed by atoms with Crippen LogP contribution in [0, 0.1) is 11.8 Å². The van der Waals surface area contributed by atoms with Crippen molar-refractivity contribution in [2.24, 2.45) is 11.8 Å². The zero-order valence-corrected chi connectivity index (χ0v) is 13.2. The van der Waals surface area contributed by atoms with Gasteiger partial charge in [-0.25, -0.2) is 0 Å². The fourth-order valence-corrected chi connectivity index (χ4v) is 3.68. The Labute approximate surface area is 136 Å². The summed E-state index contributed by atoms with van der Waals surface area (Å²) in [6, 6.07) is 8.31. The Morgan fingerprint density at radius 1 is 0.913 bits per heavy atom. The molecule has 1 aromatic carbocycles. The molecule has 0 N–H and O–H groups in total. The Balaban J connectivity index is 1.37. The third-order valence-corrected chi connectivity index (χ3v) is 5.19. The van der Waals surface area contributed by atoms with Gasteiger partial charge in [-0.1, -0.05) is 24.3 Å². The van der Waals surface area contributed by atoms with Gasteiger partial charge >= 0.3 is 0 Å². The van der Waals surface area contributed by atoms with E-state index in [0.717, 1.165) is 13.0 Å². The molecule has 1 saturated carbocycles. The minimum Gasteiger partial charge on any atom is -0.378 e. The average molecular weight is 314 g/mol. The van der Waals surface area contributed by atoms with E-state index in [1.165, 1.54) is 11.1 Å². The van der Waals surface area contributed by atoms with E-state index in [1.807, 2.05) is 21.9 Å². The van der Waals surface area contributed by atoms with E-state index in [2.05, 4.69) is 12.1 Å². The highest BCUT2D eigenvalue weighted by atomic mass is 16.5. The van der Waals surface area contributed by atoms with Crippen LogP contribution in [-0.2, 0) is 27.3 Å². The standard InChI is InChI=1S/C18H22N2O3/c21-17(19-7-9-23-10-8-19)15-11-16(15)18(22)20-6-5-13-3-1-2-4-14(13)12-20/h1-4,15-16H,5-12H2. The van der Waals surface area contributed by atoms with Crippen LogP contribution in [0.2, 0.25) is 0 Å². The number of morpholine rings is 1. The Morgan fingerprint density at radius 3 is 2.30 bits per heavy atom. The summed E-state index contributed by atoms with van der Waals surface area (Å²) >= 11 is 0. The Hall–Kier alpha value is -1.88. The van der Waals surface area contributed by atoms with Crippen molar-refractivity contribution in [1.82, 2.24) is 9.80 Å². The van der Waals surface area contributed by atoms with Gasteiger partial charge in [-0.15, -0.1) is 0 Å². The predicted molar refractivity (Wildman–Crippen MR) is 84.6 cm³/mol. The van der Waals surface area contributed by atoms with Crippen LogP contribution in [-0.4, -0.2) is 54.5 Å². The van der Waals surface area contributed by atoms with Crippen LogP contribution in [0.1, 0.15) is 17.5 Å². The number of fused-ring (bicyclic) bond motifs is 1. The quantitative estimate of drug-likeness (QED) is 0.820. The van der Waals surface area contributed by atoms with Gasteiger partial charge < -0.3 is 14.5 Å². The molecule has 2 aliphatic heterocycles. The molecule has 0 spiro atoms. The summed E-state index contributed by atoms with van der Waals surface area (Å²) < 4.78 is 5.28. The van der Waals surface area contributed by atoms with Crippen LogP contribution >= 0.6 is 0 Å². The molecular weight excluding hydrogens is 292 g/mol. The lowest BCUT2D eigenvalue weighted by atomic mass is 9.99. The highest BCUT2D eigenvalue weighted by Crippen LogP contribution is 2.42. The number of benzene rings is 1. The molecule has 0 aromatic heterocycles. The van der Waals surface area contributed by atoms with Crippen molar-refractivity contribution in [2.45, 2.75) is 19.4 Å². The van der Waals surface area contributed by atoms with Gasteiger partial charge in [0.25, 0.3) is 0 Å². The summed E-state index contributed by atoms with van der Waals surface area (Å²) in [5, 5.41) is 0. The molecule has 3 aliphatic rings. The topological polar surface area (TPSA) is 49.9 Å². The maximum atomic E-state index is 12.7. The van der Waals surface area contributed by atoms with Gasteiger partial charge in [0.2, 0.25) is 11.8 Å². The third kappa shape index (κ3) is 2.85. The first-order valence-corrected chi connectivity index (χ1v) is 8.46. The first-order valence-electron chi connectivity index (χ1n) is 8.46. The number of amides is 2. The summed E-state index contributed by atoms with van der Waals surface area (Å²) in [5.41, 5.74) is 2.58. The molecule has 1 saturated heterocycles. The third-order valence-electron chi connectivity index (χ3n) is 5.19. The van der Waals surface area contributed by atoms with E-state index >= 15 is 0 Å². The van der Waals surface area contributed by atoms with Crippen LogP contribution in [0.3, 0.4) is 0 Å². The number of hydrogen-bond donors (Lipinski definition) is 0. The maximum absolute atomic E-state index is 12.7. The van der Waals surface area contributed by atoms with Crippen molar-refractivity contribution in [1.29, 1.82) is 0 Å². The van der Waals surface area contributed by atoms with Gasteiger partial charge in [0, 0.05) is 26.2 Å². The van der Waals surface area contributed by atoms with Crippen molar-refractivity contribution < 1.29 is 14.3 Å². The first-order chi connectivity index (χ1) is 11.2. The molecule has 4 rings (SSSR count). The van der Waals surface area contributed by atoms with Crippen molar-refractivity contribution in [3.8, 4) is 0 Å². The van der Waals surface area contributed by atoms with Gasteiger partial charge in [0.15, 0.2) is 0 Å². The van der Waals surface area contributed by atoms with Gasteiger partial charge in [-0.3, -0.25) is 9.59 Å². The van der Waals surface area contributed by atoms with Crippen molar-refractivity contribution >= 4 is 11.8 Å². The Bertz CT molecular complexity index is 624. The van der Waals surface area contributed by atoms with Gasteiger partial charge in [-0.05, 0) is 24.0 Å². The van der Waals surface area contributed by atoms with Gasteiger partial charge in [0.05, 0.1) is 25.0 Å². The number of rotatable bonds is 2. The highest BCUT2D eigenvalue weighted by Gasteiger charge is 2.51. The lowest BCUT2D eigenvalue weighted by Crippen LogP contribution is -2.43. The summed E-state index contributed by atoms with van der Waals surface area (Å²) in [5.74, 6) is 0.101. The SMILES string of the molecule is O=C(C1CC1C(=O)N1CCc2ccccc2C1)N1CCOCC1. The van der Waals surface area contributed by atoms with Crippen LogP contribution in [0.15, 0.2) is 24.3 Å². The van der Waals surface area contributed by atoms with E-state index in [1.54, 1.807) is 0 Å². The molecule has 2 fully saturated rings. The minimum absolute atomic E-state index is 0.0993. The second-order valence-corrected chi connectivity index (χ2v) is 6.66. The molecule has 122 valence electrons. The average Bonchev–Trinajstić information content (AvgIpc) is 3.41. The molecule has 5 nitrogen and oxygen atoms in total. The summed E-state index contributed by atoms with van der Waals surface area (Å²) in [6.45, 7) is 4.00. The van der Waals surface area contributed by atoms with E-state index in [4.69, 9.17) is 4.74 Å². The molecule has 2 amide bonds. The molecule has 1 aliphatic carbocycles. The monoisotopic (exact) mass is 314 g/mol. The molecule has 1 aromatic rings. The van der Waals surface area contributed by atoms with Gasteiger partial charge in [0.1, 0.15) is 0 Å². The van der Waals surface area contributed by atoms with E-state index < -0.39 is 0 Å². The zero-order valence-electron chi connectivity index (χ0n) is 13.2. The molecule has 0 radical (unpaired) electrons. The number of nitrogens with zero attached hydrogens (tertiary/aromatic N) is 2. The molecule has 5 heteroatoms. The van der Waals surface area contributed by atoms with Crippen LogP contribution in [0.5, 0.6) is 0 Å². The zero-order chi connectivity index (χ0) is 15.8. The fraction of sp³-hybridized carbons (Fsp3) is 0.556. The smallest absolute Gasteiger partial charge is 0.226 e. The predicted octanol–water partition coefficient (Wildman–Crippen LogP) is 1.07. The second-order valence-electron chi connectivity index (χ2n) is 6.66. The summed E-state index contributed by atoms with van der Waals surface area (Å²) in [4.78, 5) is 28.9. The molecule has 2 heterocycles. The molecule has 2 atom stereocenters. The van der Waals surface area contributed by atoms with Crippen LogP contribution in [0.4, 0.5) is 0 Å². The van der Waals surface area contributed by atoms with Crippen molar-refractivity contribution in [2.75, 3.05) is 32.8 Å². The molecule has 2 unspecified atom stereocenters. The van der Waals surface area contributed by atoms with E-state index in [9.17, 15) is 9.59 Å². The van der Waals surface area contributed by atoms with Gasteiger partial charge in [-0.2, -0.15) is 0 Å². The molecule has 0 bridgehead atoms. The molecular formula is C18H22N2O3. The van der Waals surface area contributed by atoms with Crippen molar-refractivity contribution in [3.63, 3.8) is 0 Å². The fourth-order valence-electron chi connectivity index (χ4n) is 3.68. The molecule has 23 heavy (non-hydrogen) atoms. The minimum atomic E-state index is -0.101. The normalized spacial score (nSPS) is 26.6. The lowest BCUT2D eigenvalue weighted by Gasteiger charge is -2.30. The number of carbonyl (C=O) groups excluding carboxylic acids is 2. The number of hydrogen-bond acceptors (Lipinski definition) is 3. The first kappa shape index (κ1) is 14.7. The largest absolute Gasteiger partial charge is 0.378 e. The van der Waals surface area contributed by atoms with Crippen molar-refractivity contribution in [3.05, 3.63) is 35.4 Å². The van der Waals surface area contributed by atoms with Crippen LogP contribution < -0.4 is 0 Å². The number of carbonyl (C=O) groups is 2. The van der Waals surface area contributed by atoms with Crippen LogP contribution in [0.25, 0.3) is 0 Å². The van der Waals surface area contributed by atoms with E-state index in [0.29, 0.717) is 39.3 Å². The number of ether oxygens (including phenoxy) is 1. The van der Waals surface area contributed by atoms with E-state index in [-0.39, 0.29) is 23.7 Å². The maximum Gasteiger partial charge on any atom is 0.226 e. The lowest BCUT2D eigenvalue weighted by molar-refractivity contribution is -0.140. The highest BCUT2D eigenvalue weighted by molar-refractivity contribution is 5.92. The Kier molecular flexibility index (Phi) is 3.81. The summed E-state index contributed by atoms with van der Waals surface area (Å²) in [7, 11) is 0. The second kappa shape index (κ2) is 5.96. The Morgan fingerprint density at radius 2 is 1.57 bits per heavy atom.